The fourth-order valence-corrected chi connectivity index (χ4v) is 2.41. The average Bonchev–Trinajstić information content (AvgIpc) is 2.79. The minimum atomic E-state index is -4.45. The molecule has 0 bridgehead atoms. The fraction of sp³-hybridized carbons (Fsp3) is 0.0870. The molecule has 0 saturated heterocycles. The predicted octanol–water partition coefficient (Wildman–Crippen LogP) is 6.64. The Kier molecular flexibility index (Phi) is 10.8. The van der Waals surface area contributed by atoms with Gasteiger partial charge < -0.3 is 0 Å². The molecule has 0 spiro atoms. The molecule has 0 aromatic heterocycles. The van der Waals surface area contributed by atoms with E-state index in [4.69, 9.17) is 11.6 Å². The summed E-state index contributed by atoms with van der Waals surface area (Å²) in [4.78, 5) is 30.5. The minimum Gasteiger partial charge on any atom is -0.298 e. The Morgan fingerprint density at radius 1 is 0.742 bits per heavy atom. The van der Waals surface area contributed by atoms with Gasteiger partial charge >= 0.3 is 6.18 Å². The molecule has 162 valence electrons. The van der Waals surface area contributed by atoms with Gasteiger partial charge in [0.2, 0.25) is 0 Å². The van der Waals surface area contributed by atoms with Crippen LogP contribution < -0.4 is 0 Å². The van der Waals surface area contributed by atoms with Crippen molar-refractivity contribution in [1.29, 1.82) is 0 Å². The average molecular weight is 453 g/mol. The van der Waals surface area contributed by atoms with E-state index in [1.165, 1.54) is 12.1 Å². The maximum atomic E-state index is 12.1. The molecule has 3 aromatic carbocycles. The van der Waals surface area contributed by atoms with Gasteiger partial charge in [0.1, 0.15) is 19.2 Å². The second-order valence-electron chi connectivity index (χ2n) is 5.83. The molecule has 0 fully saturated rings. The van der Waals surface area contributed by atoms with Crippen LogP contribution >= 0.6 is 11.6 Å². The molecule has 31 heavy (non-hydrogen) atoms. The van der Waals surface area contributed by atoms with E-state index in [9.17, 15) is 31.9 Å². The molecule has 0 saturated carbocycles. The van der Waals surface area contributed by atoms with E-state index < -0.39 is 18.4 Å². The third-order valence-corrected chi connectivity index (χ3v) is 3.94. The summed E-state index contributed by atoms with van der Waals surface area (Å²) in [6.07, 6.45) is -2.82. The summed E-state index contributed by atoms with van der Waals surface area (Å²) in [7, 11) is 0. The van der Waals surface area contributed by atoms with Crippen LogP contribution in [0.1, 0.15) is 42.2 Å². The minimum absolute atomic E-state index is 0.197. The van der Waals surface area contributed by atoms with Gasteiger partial charge in [0.05, 0.1) is 5.56 Å². The van der Waals surface area contributed by atoms with Gasteiger partial charge in [0.15, 0.2) is 6.29 Å². The standard InChI is InChI=1S/C8H5F3O.C8H7FO.C7H5ClO/c9-8(10,11)7-4-2-1-3-6(7)5-12;9-5-7-3-1-2-4-8(7)6-10;8-7-3-1-2-6(4-7)5-9/h1-5H;1-4,6H,5H2;1-5H. The van der Waals surface area contributed by atoms with Gasteiger partial charge in [-0.3, -0.25) is 14.4 Å². The van der Waals surface area contributed by atoms with Crippen LogP contribution in [0, 0.1) is 0 Å². The third-order valence-electron chi connectivity index (χ3n) is 3.70. The zero-order valence-corrected chi connectivity index (χ0v) is 16.7. The first-order valence-corrected chi connectivity index (χ1v) is 9.05. The Labute approximate surface area is 181 Å². The van der Waals surface area contributed by atoms with Gasteiger partial charge in [-0.1, -0.05) is 66.2 Å². The van der Waals surface area contributed by atoms with Crippen molar-refractivity contribution >= 4 is 30.5 Å². The van der Waals surface area contributed by atoms with Gasteiger partial charge in [-0.25, -0.2) is 4.39 Å². The van der Waals surface area contributed by atoms with Crippen LogP contribution in [0.25, 0.3) is 0 Å². The van der Waals surface area contributed by atoms with Crippen molar-refractivity contribution in [3.05, 3.63) is 106 Å². The summed E-state index contributed by atoms with van der Waals surface area (Å²) in [6, 6.07) is 18.1. The predicted molar refractivity (Wildman–Crippen MR) is 110 cm³/mol. The van der Waals surface area contributed by atoms with Crippen molar-refractivity contribution < 1.29 is 31.9 Å². The zero-order valence-electron chi connectivity index (χ0n) is 16.0. The molecule has 0 aliphatic heterocycles. The van der Waals surface area contributed by atoms with E-state index in [1.54, 1.807) is 48.5 Å². The number of carbonyl (C=O) groups excluding carboxylic acids is 3. The van der Waals surface area contributed by atoms with Crippen LogP contribution in [-0.2, 0) is 12.9 Å². The van der Waals surface area contributed by atoms with Crippen LogP contribution in [0.5, 0.6) is 0 Å². The normalized spacial score (nSPS) is 9.97. The topological polar surface area (TPSA) is 51.2 Å². The second kappa shape index (κ2) is 13.1. The summed E-state index contributed by atoms with van der Waals surface area (Å²) in [5.74, 6) is 0. The van der Waals surface area contributed by atoms with Crippen LogP contribution in [-0.4, -0.2) is 18.9 Å². The van der Waals surface area contributed by atoms with Gasteiger partial charge in [-0.2, -0.15) is 13.2 Å². The Balaban J connectivity index is 0.000000235. The van der Waals surface area contributed by atoms with E-state index in [0.717, 1.165) is 18.4 Å². The van der Waals surface area contributed by atoms with Crippen molar-refractivity contribution in [2.24, 2.45) is 0 Å². The van der Waals surface area contributed by atoms with Crippen LogP contribution in [0.4, 0.5) is 17.6 Å². The molecular formula is C23H17ClF4O3. The fourth-order valence-electron chi connectivity index (χ4n) is 2.21. The number of aldehydes is 3. The van der Waals surface area contributed by atoms with Crippen LogP contribution in [0.3, 0.4) is 0 Å². The number of rotatable bonds is 4. The zero-order chi connectivity index (χ0) is 23.3. The largest absolute Gasteiger partial charge is 0.417 e. The Morgan fingerprint density at radius 2 is 1.32 bits per heavy atom. The first kappa shape index (κ1) is 25.7. The molecule has 0 atom stereocenters. The highest BCUT2D eigenvalue weighted by molar-refractivity contribution is 6.30. The van der Waals surface area contributed by atoms with E-state index in [0.29, 0.717) is 28.0 Å². The molecule has 0 radical (unpaired) electrons. The molecule has 0 aliphatic carbocycles. The Bertz CT molecular complexity index is 1000. The third kappa shape index (κ3) is 8.92. The number of hydrogen-bond acceptors (Lipinski definition) is 3. The molecule has 0 aliphatic rings. The second-order valence-corrected chi connectivity index (χ2v) is 6.26. The SMILES string of the molecule is O=Cc1cccc(Cl)c1.O=Cc1ccccc1C(F)(F)F.O=Cc1ccccc1CF. The summed E-state index contributed by atoms with van der Waals surface area (Å²) in [5, 5.41) is 0.597. The number of alkyl halides is 4. The number of halogens is 5. The number of carbonyl (C=O) groups is 3. The lowest BCUT2D eigenvalue weighted by Gasteiger charge is -2.07. The maximum absolute atomic E-state index is 12.1. The van der Waals surface area contributed by atoms with Crippen molar-refractivity contribution in [1.82, 2.24) is 0 Å². The van der Waals surface area contributed by atoms with Crippen LogP contribution in [0.2, 0.25) is 5.02 Å². The summed E-state index contributed by atoms with van der Waals surface area (Å²) < 4.78 is 48.2. The highest BCUT2D eigenvalue weighted by Gasteiger charge is 2.32. The lowest BCUT2D eigenvalue weighted by Crippen LogP contribution is -2.08. The van der Waals surface area contributed by atoms with E-state index in [-0.39, 0.29) is 11.8 Å². The molecular weight excluding hydrogens is 436 g/mol. The quantitative estimate of drug-likeness (QED) is 0.329. The van der Waals surface area contributed by atoms with Crippen molar-refractivity contribution in [3.63, 3.8) is 0 Å². The van der Waals surface area contributed by atoms with Crippen LogP contribution in [0.15, 0.2) is 72.8 Å². The first-order chi connectivity index (χ1) is 14.8. The van der Waals surface area contributed by atoms with Crippen molar-refractivity contribution in [2.75, 3.05) is 0 Å². The molecule has 3 rings (SSSR count). The molecule has 8 heteroatoms. The molecule has 0 unspecified atom stereocenters. The highest BCUT2D eigenvalue weighted by Crippen LogP contribution is 2.30. The highest BCUT2D eigenvalue weighted by atomic mass is 35.5. The summed E-state index contributed by atoms with van der Waals surface area (Å²) >= 11 is 5.56. The summed E-state index contributed by atoms with van der Waals surface area (Å²) in [5.41, 5.74) is 0.287. The number of hydrogen-bond donors (Lipinski definition) is 0. The van der Waals surface area contributed by atoms with Crippen molar-refractivity contribution in [3.8, 4) is 0 Å². The van der Waals surface area contributed by atoms with E-state index in [1.807, 2.05) is 0 Å². The summed E-state index contributed by atoms with van der Waals surface area (Å²) in [6.45, 7) is -0.574. The van der Waals surface area contributed by atoms with Gasteiger partial charge in [-0.15, -0.1) is 0 Å². The smallest absolute Gasteiger partial charge is 0.298 e. The maximum Gasteiger partial charge on any atom is 0.417 e. The van der Waals surface area contributed by atoms with E-state index in [2.05, 4.69) is 0 Å². The molecule has 3 nitrogen and oxygen atoms in total. The monoisotopic (exact) mass is 452 g/mol. The molecule has 0 amide bonds. The number of benzene rings is 3. The molecule has 0 N–H and O–H groups in total. The lowest BCUT2D eigenvalue weighted by atomic mass is 10.1. The van der Waals surface area contributed by atoms with Crippen molar-refractivity contribution in [2.45, 2.75) is 12.9 Å². The van der Waals surface area contributed by atoms with Gasteiger partial charge in [0.25, 0.3) is 0 Å². The Morgan fingerprint density at radius 3 is 1.74 bits per heavy atom. The lowest BCUT2D eigenvalue weighted by molar-refractivity contribution is -0.137. The molecule has 3 aromatic rings. The Hall–Kier alpha value is -3.32. The van der Waals surface area contributed by atoms with Gasteiger partial charge in [-0.05, 0) is 23.8 Å². The first-order valence-electron chi connectivity index (χ1n) is 8.68. The van der Waals surface area contributed by atoms with Gasteiger partial charge in [0, 0.05) is 21.7 Å². The molecule has 0 heterocycles. The van der Waals surface area contributed by atoms with E-state index >= 15 is 0 Å².